The zero-order chi connectivity index (χ0) is 23.8. The molecule has 2 N–H and O–H groups in total. The highest BCUT2D eigenvalue weighted by atomic mass is 16.4. The number of rotatable bonds is 6. The van der Waals surface area contributed by atoms with Gasteiger partial charge in [0.05, 0.1) is 5.69 Å². The Morgan fingerprint density at radius 3 is 2.58 bits per heavy atom. The van der Waals surface area contributed by atoms with Gasteiger partial charge in [-0.1, -0.05) is 45.9 Å². The van der Waals surface area contributed by atoms with Crippen LogP contribution in [0.25, 0.3) is 16.9 Å². The highest BCUT2D eigenvalue weighted by Crippen LogP contribution is 2.43. The number of aliphatic carboxylic acids is 1. The van der Waals surface area contributed by atoms with Crippen LogP contribution in [0.3, 0.4) is 0 Å². The lowest BCUT2D eigenvalue weighted by Gasteiger charge is -2.36. The quantitative estimate of drug-likeness (QED) is 0.551. The first-order valence-electron chi connectivity index (χ1n) is 12.0. The van der Waals surface area contributed by atoms with Gasteiger partial charge in [-0.25, -0.2) is 9.50 Å². The number of nitrogens with one attached hydrogen (secondary N) is 1. The second kappa shape index (κ2) is 9.12. The molecule has 0 unspecified atom stereocenters. The fraction of sp³-hybridized carbons (Fsp3) is 0.538. The lowest BCUT2D eigenvalue weighted by molar-refractivity contribution is -0.136. The second-order valence-corrected chi connectivity index (χ2v) is 10.3. The average molecular weight is 451 g/mol. The molecule has 1 aliphatic carbocycles. The Labute approximate surface area is 194 Å². The molecule has 0 spiro atoms. The fourth-order valence-electron chi connectivity index (χ4n) is 5.08. The number of aryl methyl sites for hydroxylation is 2. The highest BCUT2D eigenvalue weighted by Gasteiger charge is 2.32. The molecule has 176 valence electrons. The predicted molar refractivity (Wildman–Crippen MR) is 129 cm³/mol. The van der Waals surface area contributed by atoms with Gasteiger partial charge in [0.1, 0.15) is 5.82 Å². The molecule has 1 aliphatic rings. The summed E-state index contributed by atoms with van der Waals surface area (Å²) in [6.45, 7) is 8.96. The van der Waals surface area contributed by atoms with Gasteiger partial charge >= 0.3 is 5.97 Å². The van der Waals surface area contributed by atoms with E-state index in [0.29, 0.717) is 41.4 Å². The topological polar surface area (TPSA) is 100 Å². The Bertz CT molecular complexity index is 1210. The smallest absolute Gasteiger partial charge is 0.303 e. The zero-order valence-electron chi connectivity index (χ0n) is 20.0. The highest BCUT2D eigenvalue weighted by molar-refractivity contribution is 5.67. The second-order valence-electron chi connectivity index (χ2n) is 10.3. The molecule has 7 heteroatoms. The van der Waals surface area contributed by atoms with Crippen molar-refractivity contribution in [2.24, 2.45) is 11.3 Å². The molecule has 0 saturated heterocycles. The van der Waals surface area contributed by atoms with Crippen LogP contribution in [0, 0.1) is 11.3 Å². The van der Waals surface area contributed by atoms with E-state index in [0.717, 1.165) is 48.3 Å². The number of hydrogen-bond acceptors (Lipinski definition) is 4. The Balaban J connectivity index is 1.72. The lowest BCUT2D eigenvalue weighted by atomic mass is 9.70. The van der Waals surface area contributed by atoms with E-state index in [1.807, 2.05) is 31.2 Å². The summed E-state index contributed by atoms with van der Waals surface area (Å²) in [5, 5.41) is 13.8. The standard InChI is InChI=1S/C26H34N4O3/c1-5-20-22-25(33)28-23(18-8-6-7-16(15-18)9-14-21(31)32)29-30(22)24(27-20)17-10-12-19(13-11-17)26(2,3)4/h6-8,15,17,19H,5,9-14H2,1-4H3,(H,31,32)(H,28,29,33). The Hall–Kier alpha value is -2.96. The molecule has 0 atom stereocenters. The van der Waals surface area contributed by atoms with Crippen molar-refractivity contribution in [2.75, 3.05) is 0 Å². The molecule has 1 fully saturated rings. The summed E-state index contributed by atoms with van der Waals surface area (Å²) in [6.07, 6.45) is 5.60. The summed E-state index contributed by atoms with van der Waals surface area (Å²) < 4.78 is 1.78. The van der Waals surface area contributed by atoms with Gasteiger partial charge in [-0.2, -0.15) is 0 Å². The van der Waals surface area contributed by atoms with Gasteiger partial charge in [-0.05, 0) is 61.5 Å². The Morgan fingerprint density at radius 2 is 1.94 bits per heavy atom. The van der Waals surface area contributed by atoms with E-state index in [1.54, 1.807) is 4.52 Å². The van der Waals surface area contributed by atoms with Gasteiger partial charge in [-0.15, -0.1) is 5.10 Å². The van der Waals surface area contributed by atoms with Crippen LogP contribution in [0.1, 0.15) is 82.8 Å². The van der Waals surface area contributed by atoms with Crippen molar-refractivity contribution in [3.63, 3.8) is 0 Å². The third kappa shape index (κ3) is 4.87. The van der Waals surface area contributed by atoms with Gasteiger partial charge in [-0.3, -0.25) is 9.59 Å². The molecule has 0 radical (unpaired) electrons. The first-order valence-corrected chi connectivity index (χ1v) is 12.0. The normalized spacial score (nSPS) is 19.2. The van der Waals surface area contributed by atoms with Crippen LogP contribution in [0.15, 0.2) is 29.1 Å². The largest absolute Gasteiger partial charge is 0.481 e. The Kier molecular flexibility index (Phi) is 6.41. The van der Waals surface area contributed by atoms with Crippen LogP contribution < -0.4 is 5.56 Å². The van der Waals surface area contributed by atoms with Crippen LogP contribution >= 0.6 is 0 Å². The van der Waals surface area contributed by atoms with Crippen LogP contribution in [0.5, 0.6) is 0 Å². The van der Waals surface area contributed by atoms with E-state index in [-0.39, 0.29) is 12.0 Å². The Morgan fingerprint density at radius 1 is 1.21 bits per heavy atom. The maximum absolute atomic E-state index is 13.1. The molecule has 3 aromatic rings. The maximum Gasteiger partial charge on any atom is 0.303 e. The summed E-state index contributed by atoms with van der Waals surface area (Å²) in [6, 6.07) is 7.56. The number of fused-ring (bicyclic) bond motifs is 1. The third-order valence-electron chi connectivity index (χ3n) is 7.08. The van der Waals surface area contributed by atoms with E-state index in [2.05, 4.69) is 25.8 Å². The first-order chi connectivity index (χ1) is 15.7. The van der Waals surface area contributed by atoms with Crippen molar-refractivity contribution in [3.8, 4) is 11.4 Å². The minimum atomic E-state index is -0.829. The number of aromatic nitrogens is 4. The maximum atomic E-state index is 13.1. The average Bonchev–Trinajstić information content (AvgIpc) is 3.17. The van der Waals surface area contributed by atoms with Crippen molar-refractivity contribution in [1.82, 2.24) is 19.6 Å². The molecule has 0 bridgehead atoms. The molecule has 7 nitrogen and oxygen atoms in total. The molecule has 4 rings (SSSR count). The molecule has 1 aromatic carbocycles. The van der Waals surface area contributed by atoms with Gasteiger partial charge in [0, 0.05) is 17.9 Å². The number of nitrogens with zero attached hydrogens (tertiary/aromatic N) is 3. The van der Waals surface area contributed by atoms with E-state index < -0.39 is 5.97 Å². The SMILES string of the molecule is CCc1nc(C2CCC(C(C)(C)C)CC2)n2nc(-c3cccc(CCC(=O)O)c3)[nH]c(=O)c12. The monoisotopic (exact) mass is 450 g/mol. The van der Waals surface area contributed by atoms with Crippen molar-refractivity contribution in [3.05, 3.63) is 51.7 Å². The molecule has 2 aromatic heterocycles. The number of benzene rings is 1. The van der Waals surface area contributed by atoms with Gasteiger partial charge < -0.3 is 10.1 Å². The molecular weight excluding hydrogens is 416 g/mol. The van der Waals surface area contributed by atoms with E-state index in [4.69, 9.17) is 15.2 Å². The van der Waals surface area contributed by atoms with Gasteiger partial charge in [0.25, 0.3) is 5.56 Å². The van der Waals surface area contributed by atoms with Gasteiger partial charge in [0.2, 0.25) is 0 Å². The van der Waals surface area contributed by atoms with Crippen LogP contribution in [0.2, 0.25) is 0 Å². The molecule has 0 aliphatic heterocycles. The summed E-state index contributed by atoms with van der Waals surface area (Å²) in [7, 11) is 0. The number of carboxylic acid groups (broad SMARTS) is 1. The van der Waals surface area contributed by atoms with E-state index in [1.165, 1.54) is 0 Å². The minimum absolute atomic E-state index is 0.0647. The zero-order valence-corrected chi connectivity index (χ0v) is 20.0. The number of imidazole rings is 1. The minimum Gasteiger partial charge on any atom is -0.481 e. The van der Waals surface area contributed by atoms with Crippen molar-refractivity contribution >= 4 is 11.5 Å². The number of carbonyl (C=O) groups is 1. The molecular formula is C26H34N4O3. The van der Waals surface area contributed by atoms with E-state index >= 15 is 0 Å². The van der Waals surface area contributed by atoms with Crippen molar-refractivity contribution in [2.45, 2.75) is 78.6 Å². The summed E-state index contributed by atoms with van der Waals surface area (Å²) in [5.41, 5.74) is 3.12. The van der Waals surface area contributed by atoms with Crippen molar-refractivity contribution in [1.29, 1.82) is 0 Å². The van der Waals surface area contributed by atoms with Crippen molar-refractivity contribution < 1.29 is 9.90 Å². The van der Waals surface area contributed by atoms with Gasteiger partial charge in [0.15, 0.2) is 11.3 Å². The number of H-pyrrole nitrogens is 1. The van der Waals surface area contributed by atoms with Crippen LogP contribution in [-0.2, 0) is 17.6 Å². The predicted octanol–water partition coefficient (Wildman–Crippen LogP) is 4.98. The summed E-state index contributed by atoms with van der Waals surface area (Å²) in [5.74, 6) is 1.54. The fourth-order valence-corrected chi connectivity index (χ4v) is 5.08. The first kappa shape index (κ1) is 23.2. The molecule has 33 heavy (non-hydrogen) atoms. The van der Waals surface area contributed by atoms with Crippen LogP contribution in [-0.4, -0.2) is 30.7 Å². The number of carboxylic acids is 1. The number of aromatic amines is 1. The third-order valence-corrected chi connectivity index (χ3v) is 7.08. The lowest BCUT2D eigenvalue weighted by Crippen LogP contribution is -2.26. The summed E-state index contributed by atoms with van der Waals surface area (Å²) in [4.78, 5) is 31.9. The number of hydrogen-bond donors (Lipinski definition) is 2. The summed E-state index contributed by atoms with van der Waals surface area (Å²) >= 11 is 0. The molecule has 2 heterocycles. The molecule has 0 amide bonds. The van der Waals surface area contributed by atoms with Crippen LogP contribution in [0.4, 0.5) is 0 Å². The van der Waals surface area contributed by atoms with E-state index in [9.17, 15) is 9.59 Å². The molecule has 1 saturated carbocycles.